The van der Waals surface area contributed by atoms with Crippen molar-refractivity contribution in [3.05, 3.63) is 24.3 Å². The maximum Gasteiger partial charge on any atom is 0.305 e. The van der Waals surface area contributed by atoms with Crippen molar-refractivity contribution >= 4 is 21.5 Å². The Morgan fingerprint density at radius 2 is 1.85 bits per heavy atom. The van der Waals surface area contributed by atoms with Gasteiger partial charge in [-0.15, -0.1) is 0 Å². The molecule has 0 heterocycles. The molecule has 0 bridgehead atoms. The number of sulfone groups is 1. The van der Waals surface area contributed by atoms with Gasteiger partial charge in [-0.25, -0.2) is 8.42 Å². The number of carboxylic acids is 1. The lowest BCUT2D eigenvalue weighted by molar-refractivity contribution is -0.137. The van der Waals surface area contributed by atoms with Crippen LogP contribution in [0, 0.1) is 0 Å². The maximum absolute atomic E-state index is 11.7. The minimum atomic E-state index is -3.19. The fraction of sp³-hybridized carbons (Fsp3) is 0.500. The standard InChI is InChI=1S/C14H21NO4S/c1-3-5-12(10-14(16)17)15-11-6-8-13(9-7-11)20(18,19)4-2/h6-9,12,15H,3-5,10H2,1-2H3,(H,16,17). The number of carboxylic acid groups (broad SMARTS) is 1. The molecule has 6 heteroatoms. The van der Waals surface area contributed by atoms with Crippen LogP contribution in [0.3, 0.4) is 0 Å². The van der Waals surface area contributed by atoms with Crippen molar-refractivity contribution in [2.75, 3.05) is 11.1 Å². The minimum absolute atomic E-state index is 0.0445. The summed E-state index contributed by atoms with van der Waals surface area (Å²) in [5.74, 6) is -0.779. The van der Waals surface area contributed by atoms with Crippen LogP contribution in [-0.4, -0.2) is 31.3 Å². The van der Waals surface area contributed by atoms with E-state index in [2.05, 4.69) is 5.32 Å². The molecule has 1 aromatic rings. The molecule has 0 radical (unpaired) electrons. The van der Waals surface area contributed by atoms with Crippen LogP contribution in [0.5, 0.6) is 0 Å². The number of anilines is 1. The molecule has 0 aliphatic carbocycles. The molecule has 0 aromatic heterocycles. The van der Waals surface area contributed by atoms with Gasteiger partial charge in [-0.1, -0.05) is 20.3 Å². The van der Waals surface area contributed by atoms with Crippen LogP contribution >= 0.6 is 0 Å². The third-order valence-corrected chi connectivity index (χ3v) is 4.77. The molecule has 0 fully saturated rings. The van der Waals surface area contributed by atoms with Crippen LogP contribution < -0.4 is 5.32 Å². The average Bonchev–Trinajstić information content (AvgIpc) is 2.39. The molecule has 0 saturated heterocycles. The number of hydrogen-bond donors (Lipinski definition) is 2. The van der Waals surface area contributed by atoms with Crippen molar-refractivity contribution < 1.29 is 18.3 Å². The highest BCUT2D eigenvalue weighted by Crippen LogP contribution is 2.17. The quantitative estimate of drug-likeness (QED) is 0.770. The van der Waals surface area contributed by atoms with Crippen molar-refractivity contribution in [2.24, 2.45) is 0 Å². The smallest absolute Gasteiger partial charge is 0.305 e. The fourth-order valence-corrected chi connectivity index (χ4v) is 2.83. The lowest BCUT2D eigenvalue weighted by Gasteiger charge is -2.17. The third kappa shape index (κ3) is 4.85. The molecular weight excluding hydrogens is 278 g/mol. The Bertz CT molecular complexity index is 537. The third-order valence-electron chi connectivity index (χ3n) is 3.02. The molecular formula is C14H21NO4S. The molecule has 1 unspecified atom stereocenters. The molecule has 1 rings (SSSR count). The van der Waals surface area contributed by atoms with Crippen LogP contribution in [0.2, 0.25) is 0 Å². The van der Waals surface area contributed by atoms with Gasteiger partial charge in [-0.3, -0.25) is 4.79 Å². The molecule has 20 heavy (non-hydrogen) atoms. The van der Waals surface area contributed by atoms with Gasteiger partial charge in [0.1, 0.15) is 0 Å². The molecule has 0 saturated carbocycles. The average molecular weight is 299 g/mol. The minimum Gasteiger partial charge on any atom is -0.481 e. The van der Waals surface area contributed by atoms with Crippen LogP contribution in [0.1, 0.15) is 33.1 Å². The first-order chi connectivity index (χ1) is 9.39. The monoisotopic (exact) mass is 299 g/mol. The second kappa shape index (κ2) is 7.28. The van der Waals surface area contributed by atoms with Gasteiger partial charge < -0.3 is 10.4 Å². The predicted octanol–water partition coefficient (Wildman–Crippen LogP) is 2.54. The highest BCUT2D eigenvalue weighted by Gasteiger charge is 2.14. The normalized spacial score (nSPS) is 12.9. The predicted molar refractivity (Wildman–Crippen MR) is 78.7 cm³/mol. The van der Waals surface area contributed by atoms with Crippen LogP contribution in [0.15, 0.2) is 29.2 Å². The summed E-state index contributed by atoms with van der Waals surface area (Å²) in [6, 6.07) is 6.29. The SMILES string of the molecule is CCCC(CC(=O)O)Nc1ccc(S(=O)(=O)CC)cc1. The van der Waals surface area contributed by atoms with Gasteiger partial charge in [0.05, 0.1) is 17.1 Å². The Morgan fingerprint density at radius 1 is 1.25 bits per heavy atom. The first-order valence-electron chi connectivity index (χ1n) is 6.70. The van der Waals surface area contributed by atoms with E-state index in [0.29, 0.717) is 0 Å². The topological polar surface area (TPSA) is 83.5 Å². The number of hydrogen-bond acceptors (Lipinski definition) is 4. The summed E-state index contributed by atoms with van der Waals surface area (Å²) >= 11 is 0. The molecule has 1 aromatic carbocycles. The Kier molecular flexibility index (Phi) is 6.01. The van der Waals surface area contributed by atoms with E-state index in [9.17, 15) is 13.2 Å². The summed E-state index contributed by atoms with van der Waals surface area (Å²) in [6.07, 6.45) is 1.68. The Hall–Kier alpha value is -1.56. The van der Waals surface area contributed by atoms with E-state index in [-0.39, 0.29) is 23.1 Å². The Labute approximate surface area is 119 Å². The Morgan fingerprint density at radius 3 is 2.30 bits per heavy atom. The van der Waals surface area contributed by atoms with E-state index < -0.39 is 15.8 Å². The molecule has 2 N–H and O–H groups in total. The highest BCUT2D eigenvalue weighted by molar-refractivity contribution is 7.91. The lowest BCUT2D eigenvalue weighted by Crippen LogP contribution is -2.22. The van der Waals surface area contributed by atoms with Crippen LogP contribution in [0.4, 0.5) is 5.69 Å². The fourth-order valence-electron chi connectivity index (χ4n) is 1.95. The van der Waals surface area contributed by atoms with E-state index >= 15 is 0 Å². The van der Waals surface area contributed by atoms with Crippen molar-refractivity contribution in [2.45, 2.75) is 44.0 Å². The second-order valence-corrected chi connectivity index (χ2v) is 6.93. The number of benzene rings is 1. The molecule has 5 nitrogen and oxygen atoms in total. The molecule has 0 aliphatic heterocycles. The number of aliphatic carboxylic acids is 1. The maximum atomic E-state index is 11.7. The zero-order valence-electron chi connectivity index (χ0n) is 11.8. The zero-order valence-corrected chi connectivity index (χ0v) is 12.6. The van der Waals surface area contributed by atoms with Gasteiger partial charge >= 0.3 is 5.97 Å². The van der Waals surface area contributed by atoms with E-state index in [1.165, 1.54) is 0 Å². The van der Waals surface area contributed by atoms with Gasteiger partial charge in [0, 0.05) is 11.7 Å². The van der Waals surface area contributed by atoms with Crippen LogP contribution in [0.25, 0.3) is 0 Å². The van der Waals surface area contributed by atoms with Gasteiger partial charge in [0.2, 0.25) is 0 Å². The first-order valence-corrected chi connectivity index (χ1v) is 8.35. The van der Waals surface area contributed by atoms with Gasteiger partial charge in [-0.2, -0.15) is 0 Å². The van der Waals surface area contributed by atoms with Gasteiger partial charge in [0.25, 0.3) is 0 Å². The van der Waals surface area contributed by atoms with E-state index in [0.717, 1.165) is 18.5 Å². The summed E-state index contributed by atoms with van der Waals surface area (Å²) in [7, 11) is -3.19. The summed E-state index contributed by atoms with van der Waals surface area (Å²) in [5.41, 5.74) is 0.736. The molecule has 0 amide bonds. The number of rotatable bonds is 8. The van der Waals surface area contributed by atoms with Crippen molar-refractivity contribution in [3.63, 3.8) is 0 Å². The van der Waals surface area contributed by atoms with Gasteiger partial charge in [-0.05, 0) is 30.7 Å². The van der Waals surface area contributed by atoms with E-state index in [1.54, 1.807) is 31.2 Å². The molecule has 1 atom stereocenters. The summed E-state index contributed by atoms with van der Waals surface area (Å²) in [4.78, 5) is 11.1. The first kappa shape index (κ1) is 16.5. The summed E-state index contributed by atoms with van der Waals surface area (Å²) < 4.78 is 23.4. The zero-order chi connectivity index (χ0) is 15.2. The summed E-state index contributed by atoms with van der Waals surface area (Å²) in [6.45, 7) is 3.60. The molecule has 112 valence electrons. The second-order valence-electron chi connectivity index (χ2n) is 4.66. The Balaban J connectivity index is 2.80. The van der Waals surface area contributed by atoms with Gasteiger partial charge in [0.15, 0.2) is 9.84 Å². The van der Waals surface area contributed by atoms with Crippen molar-refractivity contribution in [1.82, 2.24) is 0 Å². The molecule has 0 spiro atoms. The van der Waals surface area contributed by atoms with E-state index in [1.807, 2.05) is 6.92 Å². The van der Waals surface area contributed by atoms with Crippen LogP contribution in [-0.2, 0) is 14.6 Å². The number of carbonyl (C=O) groups is 1. The summed E-state index contributed by atoms with van der Waals surface area (Å²) in [5, 5.41) is 12.0. The number of nitrogens with one attached hydrogen (secondary N) is 1. The van der Waals surface area contributed by atoms with Crippen molar-refractivity contribution in [3.8, 4) is 0 Å². The molecule has 0 aliphatic rings. The van der Waals surface area contributed by atoms with Crippen molar-refractivity contribution in [1.29, 1.82) is 0 Å². The largest absolute Gasteiger partial charge is 0.481 e. The lowest BCUT2D eigenvalue weighted by atomic mass is 10.1. The van der Waals surface area contributed by atoms with E-state index in [4.69, 9.17) is 5.11 Å². The highest BCUT2D eigenvalue weighted by atomic mass is 32.2.